The van der Waals surface area contributed by atoms with Crippen LogP contribution in [-0.4, -0.2) is 31.1 Å². The fraction of sp³-hybridized carbons (Fsp3) is 0.625. The van der Waals surface area contributed by atoms with E-state index >= 15 is 0 Å². The van der Waals surface area contributed by atoms with Gasteiger partial charge in [0.15, 0.2) is 0 Å². The van der Waals surface area contributed by atoms with Crippen LogP contribution in [0.3, 0.4) is 0 Å². The van der Waals surface area contributed by atoms with Crippen molar-refractivity contribution < 1.29 is 4.74 Å². The highest BCUT2D eigenvalue weighted by molar-refractivity contribution is 5.40. The molecule has 1 aromatic rings. The van der Waals surface area contributed by atoms with Crippen LogP contribution >= 0.6 is 0 Å². The summed E-state index contributed by atoms with van der Waals surface area (Å²) in [6, 6.07) is 7.27. The van der Waals surface area contributed by atoms with Crippen molar-refractivity contribution in [3.05, 3.63) is 34.7 Å². The molecule has 2 rings (SSSR count). The van der Waals surface area contributed by atoms with Crippen LogP contribution in [-0.2, 0) is 0 Å². The minimum absolute atomic E-state index is 0.617. The number of hydrogen-bond donors (Lipinski definition) is 0. The zero-order chi connectivity index (χ0) is 15.1. The van der Waals surface area contributed by atoms with Crippen molar-refractivity contribution in [2.75, 3.05) is 26.2 Å². The van der Waals surface area contributed by atoms with Gasteiger partial charge in [0.2, 0.25) is 0 Å². The lowest BCUT2D eigenvalue weighted by Gasteiger charge is -2.32. The molecule has 1 aliphatic rings. The van der Waals surface area contributed by atoms with Gasteiger partial charge in [0.25, 0.3) is 0 Å². The molecule has 1 aliphatic heterocycles. The molecule has 0 bridgehead atoms. The number of rotatable bonds is 6. The average molecular weight is 288 g/mol. The standard InChI is InChI=1S/C16H24N4O/c1-13(2)11-20-9-7-14(8-10-20)12-21-16-5-3-15(4-6-16)18-19-17/h3-6,13-14H,7-12H2,1-2H3. The molecule has 0 saturated carbocycles. The van der Waals surface area contributed by atoms with Gasteiger partial charge in [-0.05, 0) is 67.6 Å². The van der Waals surface area contributed by atoms with E-state index in [1.807, 2.05) is 12.1 Å². The first-order valence-electron chi connectivity index (χ1n) is 7.67. The van der Waals surface area contributed by atoms with Gasteiger partial charge in [0.1, 0.15) is 5.75 Å². The largest absolute Gasteiger partial charge is 0.493 e. The summed E-state index contributed by atoms with van der Waals surface area (Å²) in [6.45, 7) is 8.89. The van der Waals surface area contributed by atoms with Gasteiger partial charge in [-0.25, -0.2) is 0 Å². The van der Waals surface area contributed by atoms with Gasteiger partial charge in [0.05, 0.1) is 6.61 Å². The summed E-state index contributed by atoms with van der Waals surface area (Å²) in [7, 11) is 0. The Bertz CT molecular complexity index is 472. The van der Waals surface area contributed by atoms with Gasteiger partial charge in [-0.3, -0.25) is 0 Å². The molecule has 0 aliphatic carbocycles. The predicted octanol–water partition coefficient (Wildman–Crippen LogP) is 4.38. The van der Waals surface area contributed by atoms with E-state index in [0.717, 1.165) is 18.3 Å². The Kier molecular flexibility index (Phi) is 5.90. The molecule has 0 N–H and O–H groups in total. The van der Waals surface area contributed by atoms with E-state index in [-0.39, 0.29) is 0 Å². The van der Waals surface area contributed by atoms with Crippen molar-refractivity contribution in [1.29, 1.82) is 0 Å². The maximum atomic E-state index is 8.36. The number of likely N-dealkylation sites (tertiary alicyclic amines) is 1. The molecule has 114 valence electrons. The summed E-state index contributed by atoms with van der Waals surface area (Å²) < 4.78 is 5.84. The highest BCUT2D eigenvalue weighted by Gasteiger charge is 2.20. The zero-order valence-electron chi connectivity index (χ0n) is 12.9. The third-order valence-electron chi connectivity index (χ3n) is 3.81. The second-order valence-electron chi connectivity index (χ2n) is 6.13. The van der Waals surface area contributed by atoms with E-state index in [2.05, 4.69) is 28.8 Å². The number of ether oxygens (including phenoxy) is 1. The van der Waals surface area contributed by atoms with E-state index < -0.39 is 0 Å². The lowest BCUT2D eigenvalue weighted by atomic mass is 9.97. The Morgan fingerprint density at radius 2 is 1.95 bits per heavy atom. The van der Waals surface area contributed by atoms with Crippen molar-refractivity contribution in [3.63, 3.8) is 0 Å². The van der Waals surface area contributed by atoms with Crippen LogP contribution < -0.4 is 4.74 Å². The van der Waals surface area contributed by atoms with E-state index in [1.165, 1.54) is 32.5 Å². The van der Waals surface area contributed by atoms with E-state index in [1.54, 1.807) is 12.1 Å². The molecule has 1 fully saturated rings. The summed E-state index contributed by atoms with van der Waals surface area (Å²) in [6.07, 6.45) is 2.42. The van der Waals surface area contributed by atoms with E-state index in [9.17, 15) is 0 Å². The Hall–Kier alpha value is -1.71. The summed E-state index contributed by atoms with van der Waals surface area (Å²) >= 11 is 0. The Morgan fingerprint density at radius 1 is 1.29 bits per heavy atom. The number of hydrogen-bond acceptors (Lipinski definition) is 3. The molecule has 1 saturated heterocycles. The molecule has 0 amide bonds. The van der Waals surface area contributed by atoms with Crippen molar-refractivity contribution in [1.82, 2.24) is 4.90 Å². The summed E-state index contributed by atoms with van der Waals surface area (Å²) in [5, 5.41) is 3.55. The molecule has 0 aromatic heterocycles. The summed E-state index contributed by atoms with van der Waals surface area (Å²) in [4.78, 5) is 5.31. The van der Waals surface area contributed by atoms with Crippen LogP contribution in [0.4, 0.5) is 5.69 Å². The Labute approximate surface area is 126 Å². The van der Waals surface area contributed by atoms with Crippen molar-refractivity contribution >= 4 is 5.69 Å². The lowest BCUT2D eigenvalue weighted by Crippen LogP contribution is -2.37. The van der Waals surface area contributed by atoms with Gasteiger partial charge < -0.3 is 9.64 Å². The molecule has 5 heteroatoms. The van der Waals surface area contributed by atoms with Crippen LogP contribution in [0.5, 0.6) is 5.75 Å². The van der Waals surface area contributed by atoms with Crippen LogP contribution in [0.2, 0.25) is 0 Å². The number of azide groups is 1. The molecule has 0 atom stereocenters. The molecule has 0 spiro atoms. The van der Waals surface area contributed by atoms with Crippen LogP contribution in [0, 0.1) is 11.8 Å². The maximum absolute atomic E-state index is 8.36. The van der Waals surface area contributed by atoms with Crippen molar-refractivity contribution in [3.8, 4) is 5.75 Å². The fourth-order valence-corrected chi connectivity index (χ4v) is 2.73. The third-order valence-corrected chi connectivity index (χ3v) is 3.81. The topological polar surface area (TPSA) is 61.2 Å². The smallest absolute Gasteiger partial charge is 0.119 e. The molecule has 0 radical (unpaired) electrons. The number of piperidine rings is 1. The van der Waals surface area contributed by atoms with E-state index in [4.69, 9.17) is 10.3 Å². The van der Waals surface area contributed by atoms with Gasteiger partial charge in [-0.1, -0.05) is 19.0 Å². The molecule has 1 heterocycles. The maximum Gasteiger partial charge on any atom is 0.119 e. The monoisotopic (exact) mass is 288 g/mol. The first kappa shape index (κ1) is 15.7. The van der Waals surface area contributed by atoms with Crippen LogP contribution in [0.25, 0.3) is 10.4 Å². The first-order chi connectivity index (χ1) is 10.2. The first-order valence-corrected chi connectivity index (χ1v) is 7.67. The minimum Gasteiger partial charge on any atom is -0.493 e. The fourth-order valence-electron chi connectivity index (χ4n) is 2.73. The van der Waals surface area contributed by atoms with E-state index in [0.29, 0.717) is 11.6 Å². The number of nitrogens with zero attached hydrogens (tertiary/aromatic N) is 4. The van der Waals surface area contributed by atoms with Gasteiger partial charge >= 0.3 is 0 Å². The lowest BCUT2D eigenvalue weighted by molar-refractivity contribution is 0.132. The minimum atomic E-state index is 0.617. The number of benzene rings is 1. The quantitative estimate of drug-likeness (QED) is 0.443. The SMILES string of the molecule is CC(C)CN1CCC(COc2ccc(N=[N+]=[N-])cc2)CC1. The van der Waals surface area contributed by atoms with Gasteiger partial charge in [-0.15, -0.1) is 0 Å². The van der Waals surface area contributed by atoms with Crippen molar-refractivity contribution in [2.24, 2.45) is 17.0 Å². The average Bonchev–Trinajstić information content (AvgIpc) is 2.48. The van der Waals surface area contributed by atoms with Gasteiger partial charge in [0, 0.05) is 17.1 Å². The van der Waals surface area contributed by atoms with Crippen LogP contribution in [0.1, 0.15) is 26.7 Å². The summed E-state index contributed by atoms with van der Waals surface area (Å²) in [5.41, 5.74) is 8.98. The second kappa shape index (κ2) is 7.91. The molecular weight excluding hydrogens is 264 g/mol. The summed E-state index contributed by atoms with van der Waals surface area (Å²) in [5.74, 6) is 2.23. The molecule has 1 aromatic carbocycles. The Morgan fingerprint density at radius 3 is 2.52 bits per heavy atom. The normalized spacial score (nSPS) is 16.7. The van der Waals surface area contributed by atoms with Crippen molar-refractivity contribution in [2.45, 2.75) is 26.7 Å². The second-order valence-corrected chi connectivity index (χ2v) is 6.13. The zero-order valence-corrected chi connectivity index (χ0v) is 12.9. The third kappa shape index (κ3) is 5.29. The molecule has 0 unspecified atom stereocenters. The Balaban J connectivity index is 1.73. The highest BCUT2D eigenvalue weighted by atomic mass is 16.5. The highest BCUT2D eigenvalue weighted by Crippen LogP contribution is 2.22. The molecule has 21 heavy (non-hydrogen) atoms. The van der Waals surface area contributed by atoms with Crippen LogP contribution in [0.15, 0.2) is 29.4 Å². The predicted molar refractivity (Wildman–Crippen MR) is 84.7 cm³/mol. The molecular formula is C16H24N4O. The molecule has 5 nitrogen and oxygen atoms in total. The van der Waals surface area contributed by atoms with Gasteiger partial charge in [-0.2, -0.15) is 0 Å².